The predicted octanol–water partition coefficient (Wildman–Crippen LogP) is 3.14. The smallest absolute Gasteiger partial charge is 0.178 e. The third-order valence-electron chi connectivity index (χ3n) is 4.19. The van der Waals surface area contributed by atoms with Crippen molar-refractivity contribution in [2.45, 2.75) is 13.5 Å². The Labute approximate surface area is 150 Å². The topological polar surface area (TPSA) is 86.7 Å². The van der Waals surface area contributed by atoms with Gasteiger partial charge in [-0.3, -0.25) is 9.78 Å². The highest BCUT2D eigenvalue weighted by Crippen LogP contribution is 2.25. The summed E-state index contributed by atoms with van der Waals surface area (Å²) in [5.41, 5.74) is 9.68. The van der Waals surface area contributed by atoms with Crippen LogP contribution in [0, 0.1) is 0 Å². The van der Waals surface area contributed by atoms with Gasteiger partial charge in [0.05, 0.1) is 23.1 Å². The van der Waals surface area contributed by atoms with Gasteiger partial charge in [-0.2, -0.15) is 5.10 Å². The van der Waals surface area contributed by atoms with Crippen LogP contribution in [0.5, 0.6) is 0 Å². The molecule has 0 spiro atoms. The van der Waals surface area contributed by atoms with Crippen LogP contribution >= 0.6 is 0 Å². The second kappa shape index (κ2) is 6.50. The zero-order valence-corrected chi connectivity index (χ0v) is 14.3. The molecular formula is C20H17N5O. The summed E-state index contributed by atoms with van der Waals surface area (Å²) < 4.78 is 1.73. The number of hydrogen-bond acceptors (Lipinski definition) is 5. The largest absolute Gasteiger partial charge is 0.325 e. The van der Waals surface area contributed by atoms with Crippen LogP contribution in [0.15, 0.2) is 60.8 Å². The van der Waals surface area contributed by atoms with Crippen LogP contribution < -0.4 is 5.73 Å². The Kier molecular flexibility index (Phi) is 4.02. The maximum Gasteiger partial charge on any atom is 0.178 e. The highest BCUT2D eigenvalue weighted by Gasteiger charge is 2.10. The van der Waals surface area contributed by atoms with E-state index >= 15 is 0 Å². The number of Topliss-reactive ketones (excluding diaryl/α,β-unsaturated/α-hetero) is 1. The van der Waals surface area contributed by atoms with Crippen molar-refractivity contribution in [2.75, 3.05) is 0 Å². The molecule has 1 aromatic carbocycles. The lowest BCUT2D eigenvalue weighted by Gasteiger charge is -2.07. The first kappa shape index (κ1) is 16.1. The van der Waals surface area contributed by atoms with Gasteiger partial charge in [-0.25, -0.2) is 9.67 Å². The van der Waals surface area contributed by atoms with E-state index < -0.39 is 0 Å². The van der Waals surface area contributed by atoms with Crippen molar-refractivity contribution in [2.24, 2.45) is 5.73 Å². The van der Waals surface area contributed by atoms with Crippen molar-refractivity contribution >= 4 is 16.7 Å². The van der Waals surface area contributed by atoms with E-state index in [0.717, 1.165) is 27.9 Å². The molecule has 26 heavy (non-hydrogen) atoms. The fraction of sp³-hybridized carbons (Fsp3) is 0.100. The third-order valence-corrected chi connectivity index (χ3v) is 4.19. The van der Waals surface area contributed by atoms with Crippen LogP contribution in [0.3, 0.4) is 0 Å². The zero-order valence-electron chi connectivity index (χ0n) is 14.3. The van der Waals surface area contributed by atoms with Gasteiger partial charge in [-0.05, 0) is 30.3 Å². The van der Waals surface area contributed by atoms with Gasteiger partial charge >= 0.3 is 0 Å². The molecule has 0 atom stereocenters. The molecular weight excluding hydrogens is 326 g/mol. The fourth-order valence-corrected chi connectivity index (χ4v) is 2.85. The number of rotatable bonds is 4. The minimum absolute atomic E-state index is 0.0770. The van der Waals surface area contributed by atoms with Crippen molar-refractivity contribution in [1.29, 1.82) is 0 Å². The van der Waals surface area contributed by atoms with Gasteiger partial charge in [-0.15, -0.1) is 0 Å². The van der Waals surface area contributed by atoms with Gasteiger partial charge in [0.1, 0.15) is 5.69 Å². The average Bonchev–Trinajstić information content (AvgIpc) is 3.11. The molecule has 0 bridgehead atoms. The van der Waals surface area contributed by atoms with Gasteiger partial charge in [0, 0.05) is 24.4 Å². The minimum Gasteiger partial charge on any atom is -0.325 e. The number of hydrogen-bond donors (Lipinski definition) is 1. The summed E-state index contributed by atoms with van der Waals surface area (Å²) in [5, 5.41) is 5.42. The number of nitrogens with two attached hydrogens (primary N) is 1. The number of nitrogens with zero attached hydrogens (tertiary/aromatic N) is 4. The molecule has 6 nitrogen and oxygen atoms in total. The quantitative estimate of drug-likeness (QED) is 0.575. The molecule has 6 heteroatoms. The van der Waals surface area contributed by atoms with Crippen molar-refractivity contribution in [1.82, 2.24) is 19.7 Å². The van der Waals surface area contributed by atoms with E-state index in [2.05, 4.69) is 15.1 Å². The molecule has 3 heterocycles. The van der Waals surface area contributed by atoms with E-state index in [4.69, 9.17) is 5.73 Å². The Hall–Kier alpha value is -3.38. The van der Waals surface area contributed by atoms with E-state index in [9.17, 15) is 4.79 Å². The van der Waals surface area contributed by atoms with E-state index in [-0.39, 0.29) is 5.78 Å². The lowest BCUT2D eigenvalue weighted by molar-refractivity contribution is 0.101. The molecule has 0 fully saturated rings. The average molecular weight is 343 g/mol. The summed E-state index contributed by atoms with van der Waals surface area (Å²) >= 11 is 0. The van der Waals surface area contributed by atoms with Crippen LogP contribution in [0.25, 0.3) is 28.0 Å². The molecule has 0 aliphatic heterocycles. The Morgan fingerprint density at radius 1 is 1.08 bits per heavy atom. The molecule has 0 saturated heterocycles. The first-order valence-electron chi connectivity index (χ1n) is 8.28. The SMILES string of the molecule is CC(=O)c1cccc(-n2ncc3ccc(-c4cccc(CN)n4)cc32)n1. The zero-order chi connectivity index (χ0) is 18.1. The normalized spacial score (nSPS) is 11.0. The molecule has 0 unspecified atom stereocenters. The van der Waals surface area contributed by atoms with Crippen molar-refractivity contribution in [3.05, 3.63) is 72.2 Å². The first-order chi connectivity index (χ1) is 12.7. The lowest BCUT2D eigenvalue weighted by Crippen LogP contribution is -2.04. The molecule has 4 rings (SSSR count). The van der Waals surface area contributed by atoms with Crippen molar-refractivity contribution in [3.63, 3.8) is 0 Å². The Morgan fingerprint density at radius 2 is 1.92 bits per heavy atom. The van der Waals surface area contributed by atoms with Gasteiger partial charge in [0.25, 0.3) is 0 Å². The summed E-state index contributed by atoms with van der Waals surface area (Å²) in [4.78, 5) is 20.6. The van der Waals surface area contributed by atoms with E-state index in [0.29, 0.717) is 18.1 Å². The first-order valence-corrected chi connectivity index (χ1v) is 8.28. The minimum atomic E-state index is -0.0770. The van der Waals surface area contributed by atoms with Gasteiger partial charge in [0.2, 0.25) is 0 Å². The molecule has 3 aromatic heterocycles. The van der Waals surface area contributed by atoms with Crippen molar-refractivity contribution < 1.29 is 4.79 Å². The lowest BCUT2D eigenvalue weighted by atomic mass is 10.1. The fourth-order valence-electron chi connectivity index (χ4n) is 2.85. The maximum atomic E-state index is 11.6. The van der Waals surface area contributed by atoms with Crippen LogP contribution in [0.4, 0.5) is 0 Å². The van der Waals surface area contributed by atoms with E-state index in [1.165, 1.54) is 6.92 Å². The van der Waals surface area contributed by atoms with Gasteiger partial charge in [-0.1, -0.05) is 24.3 Å². The Bertz CT molecular complexity index is 1120. The highest BCUT2D eigenvalue weighted by atomic mass is 16.1. The standard InChI is InChI=1S/C20H17N5O/c1-13(26)17-5-3-7-20(24-17)25-19-10-14(8-9-15(19)12-22-25)18-6-2-4-16(11-21)23-18/h2-10,12H,11,21H2,1H3. The van der Waals surface area contributed by atoms with Crippen molar-refractivity contribution in [3.8, 4) is 17.1 Å². The molecule has 128 valence electrons. The molecule has 4 aromatic rings. The maximum absolute atomic E-state index is 11.6. The van der Waals surface area contributed by atoms with Crippen LogP contribution in [-0.2, 0) is 6.54 Å². The summed E-state index contributed by atoms with van der Waals surface area (Å²) in [6.45, 7) is 1.90. The summed E-state index contributed by atoms with van der Waals surface area (Å²) in [5.74, 6) is 0.528. The highest BCUT2D eigenvalue weighted by molar-refractivity contribution is 5.92. The molecule has 0 aliphatic rings. The monoisotopic (exact) mass is 343 g/mol. The second-order valence-electron chi connectivity index (χ2n) is 5.99. The predicted molar refractivity (Wildman–Crippen MR) is 100.0 cm³/mol. The summed E-state index contributed by atoms with van der Waals surface area (Å²) in [7, 11) is 0. The third kappa shape index (κ3) is 2.87. The summed E-state index contributed by atoms with van der Waals surface area (Å²) in [6.07, 6.45) is 1.78. The molecule has 0 saturated carbocycles. The van der Waals surface area contributed by atoms with Crippen LogP contribution in [-0.4, -0.2) is 25.5 Å². The summed E-state index contributed by atoms with van der Waals surface area (Å²) in [6, 6.07) is 17.2. The number of carbonyl (C=O) groups excluding carboxylic acids is 1. The molecule has 0 aliphatic carbocycles. The molecule has 2 N–H and O–H groups in total. The van der Waals surface area contributed by atoms with Gasteiger partial charge < -0.3 is 5.73 Å². The number of ketones is 1. The Morgan fingerprint density at radius 3 is 2.73 bits per heavy atom. The number of carbonyl (C=O) groups is 1. The van der Waals surface area contributed by atoms with Gasteiger partial charge in [0.15, 0.2) is 11.6 Å². The number of fused-ring (bicyclic) bond motifs is 1. The Balaban J connectivity index is 1.85. The number of benzene rings is 1. The van der Waals surface area contributed by atoms with Crippen LogP contribution in [0.1, 0.15) is 23.1 Å². The van der Waals surface area contributed by atoms with E-state index in [1.54, 1.807) is 16.9 Å². The van der Waals surface area contributed by atoms with E-state index in [1.807, 2.05) is 48.5 Å². The molecule has 0 radical (unpaired) electrons. The second-order valence-corrected chi connectivity index (χ2v) is 5.99. The molecule has 0 amide bonds. The number of pyridine rings is 2. The van der Waals surface area contributed by atoms with Crippen LogP contribution in [0.2, 0.25) is 0 Å². The number of aromatic nitrogens is 4.